The number of carbonyl (C=O) groups excluding carboxylic acids is 1. The number of nitrogens with one attached hydrogen (secondary N) is 2. The number of pyridine rings is 2. The molecule has 9 nitrogen and oxygen atoms in total. The van der Waals surface area contributed by atoms with Crippen LogP contribution in [0, 0.1) is 28.9 Å². The molecule has 11 heteroatoms. The largest absolute Gasteiger partial charge is 0.460 e. The summed E-state index contributed by atoms with van der Waals surface area (Å²) in [6.45, 7) is 11.2. The third-order valence-corrected chi connectivity index (χ3v) is 5.85. The number of halogens is 2. The standard InChI is InChI=1S/C26H34F2N6O3/c1-6-21(16(2)11-22(35)37-26(3,4)5)32-24-19(27)12-17(14-29)23(33-24)31-18-13-20(28)25(30-15-18)34-7-9-36-10-8-34/h12-13,15-16,21H,6-11H2,1-5H3,(H2,31,32,33)/t16-,21-/m1/s1. The highest BCUT2D eigenvalue weighted by molar-refractivity contribution is 5.70. The number of carbonyl (C=O) groups is 1. The van der Waals surface area contributed by atoms with E-state index >= 15 is 0 Å². The van der Waals surface area contributed by atoms with Gasteiger partial charge in [0.2, 0.25) is 0 Å². The molecule has 0 bridgehead atoms. The predicted molar refractivity (Wildman–Crippen MR) is 137 cm³/mol. The Labute approximate surface area is 216 Å². The van der Waals surface area contributed by atoms with E-state index in [1.165, 1.54) is 12.3 Å². The first-order valence-corrected chi connectivity index (χ1v) is 12.3. The summed E-state index contributed by atoms with van der Waals surface area (Å²) in [5, 5.41) is 15.4. The Morgan fingerprint density at radius 3 is 2.54 bits per heavy atom. The molecule has 1 aliphatic rings. The lowest BCUT2D eigenvalue weighted by Gasteiger charge is -2.28. The summed E-state index contributed by atoms with van der Waals surface area (Å²) in [4.78, 5) is 22.6. The van der Waals surface area contributed by atoms with Gasteiger partial charge >= 0.3 is 5.97 Å². The van der Waals surface area contributed by atoms with E-state index in [0.717, 1.165) is 6.07 Å². The molecule has 0 aliphatic carbocycles. The van der Waals surface area contributed by atoms with Crippen molar-refractivity contribution in [2.45, 2.75) is 59.1 Å². The monoisotopic (exact) mass is 516 g/mol. The third-order valence-electron chi connectivity index (χ3n) is 5.85. The molecular formula is C26H34F2N6O3. The Balaban J connectivity index is 1.77. The minimum Gasteiger partial charge on any atom is -0.460 e. The molecule has 200 valence electrons. The van der Waals surface area contributed by atoms with Crippen LogP contribution in [0.2, 0.25) is 0 Å². The Bertz CT molecular complexity index is 1140. The molecule has 0 aromatic carbocycles. The van der Waals surface area contributed by atoms with Gasteiger partial charge < -0.3 is 25.0 Å². The van der Waals surface area contributed by atoms with Gasteiger partial charge in [-0.2, -0.15) is 5.26 Å². The topological polar surface area (TPSA) is 112 Å². The van der Waals surface area contributed by atoms with Crippen molar-refractivity contribution in [1.29, 1.82) is 5.26 Å². The highest BCUT2D eigenvalue weighted by Gasteiger charge is 2.25. The van der Waals surface area contributed by atoms with E-state index in [1.54, 1.807) is 25.7 Å². The number of aromatic nitrogens is 2. The Kier molecular flexibility index (Phi) is 9.21. The van der Waals surface area contributed by atoms with Crippen LogP contribution < -0.4 is 15.5 Å². The van der Waals surface area contributed by atoms with Gasteiger partial charge in [0.1, 0.15) is 11.7 Å². The van der Waals surface area contributed by atoms with Crippen LogP contribution in [-0.4, -0.2) is 53.9 Å². The molecule has 0 radical (unpaired) electrons. The minimum absolute atomic E-state index is 0.0458. The third kappa shape index (κ3) is 7.73. The number of ether oxygens (including phenoxy) is 2. The van der Waals surface area contributed by atoms with Crippen LogP contribution in [0.25, 0.3) is 0 Å². The van der Waals surface area contributed by atoms with Crippen molar-refractivity contribution in [1.82, 2.24) is 9.97 Å². The van der Waals surface area contributed by atoms with E-state index in [4.69, 9.17) is 9.47 Å². The lowest BCUT2D eigenvalue weighted by atomic mass is 9.96. The van der Waals surface area contributed by atoms with E-state index in [-0.39, 0.29) is 53.1 Å². The zero-order valence-corrected chi connectivity index (χ0v) is 21.9. The fraction of sp³-hybridized carbons (Fsp3) is 0.538. The molecule has 37 heavy (non-hydrogen) atoms. The van der Waals surface area contributed by atoms with E-state index in [1.807, 2.05) is 19.9 Å². The second-order valence-electron chi connectivity index (χ2n) is 10.0. The second-order valence-corrected chi connectivity index (χ2v) is 10.0. The highest BCUT2D eigenvalue weighted by Crippen LogP contribution is 2.27. The van der Waals surface area contributed by atoms with Crippen LogP contribution in [0.3, 0.4) is 0 Å². The number of hydrogen-bond acceptors (Lipinski definition) is 9. The predicted octanol–water partition coefficient (Wildman–Crippen LogP) is 4.77. The summed E-state index contributed by atoms with van der Waals surface area (Å²) in [6.07, 6.45) is 2.17. The van der Waals surface area contributed by atoms with Crippen LogP contribution in [0.15, 0.2) is 18.3 Å². The molecule has 1 saturated heterocycles. The number of morpholine rings is 1. The van der Waals surface area contributed by atoms with E-state index in [9.17, 15) is 18.8 Å². The van der Waals surface area contributed by atoms with E-state index in [0.29, 0.717) is 32.7 Å². The summed E-state index contributed by atoms with van der Waals surface area (Å²) < 4.78 is 40.3. The van der Waals surface area contributed by atoms with Gasteiger partial charge in [-0.3, -0.25) is 4.79 Å². The van der Waals surface area contributed by atoms with Gasteiger partial charge in [-0.25, -0.2) is 18.7 Å². The summed E-state index contributed by atoms with van der Waals surface area (Å²) in [6, 6.07) is 3.94. The SMILES string of the molecule is CC[C@@H](Nc1nc(Nc2cnc(N3CCOCC3)c(F)c2)c(C#N)cc1F)[C@H](C)CC(=O)OC(C)(C)C. The molecule has 1 aliphatic heterocycles. The maximum absolute atomic E-state index is 14.8. The molecule has 0 spiro atoms. The summed E-state index contributed by atoms with van der Waals surface area (Å²) >= 11 is 0. The fourth-order valence-electron chi connectivity index (χ4n) is 4.02. The zero-order chi connectivity index (χ0) is 27.2. The molecule has 0 unspecified atom stereocenters. The van der Waals surface area contributed by atoms with E-state index < -0.39 is 17.2 Å². The molecular weight excluding hydrogens is 482 g/mol. The average Bonchev–Trinajstić information content (AvgIpc) is 2.83. The molecule has 1 fully saturated rings. The average molecular weight is 517 g/mol. The Morgan fingerprint density at radius 1 is 1.24 bits per heavy atom. The van der Waals surface area contributed by atoms with Gasteiger partial charge in [0.25, 0.3) is 0 Å². The van der Waals surface area contributed by atoms with E-state index in [2.05, 4.69) is 20.6 Å². The number of hydrogen-bond donors (Lipinski definition) is 2. The summed E-state index contributed by atoms with van der Waals surface area (Å²) in [7, 11) is 0. The molecule has 2 aromatic rings. The van der Waals surface area contributed by atoms with Gasteiger partial charge in [-0.1, -0.05) is 13.8 Å². The molecule has 3 rings (SSSR count). The van der Waals surface area contributed by atoms with Gasteiger partial charge in [0.05, 0.1) is 37.1 Å². The first kappa shape index (κ1) is 28.1. The van der Waals surface area contributed by atoms with Crippen LogP contribution in [0.1, 0.15) is 53.0 Å². The molecule has 2 atom stereocenters. The molecule has 3 heterocycles. The van der Waals surface area contributed by atoms with Crippen molar-refractivity contribution in [3.8, 4) is 6.07 Å². The first-order chi connectivity index (χ1) is 17.5. The zero-order valence-electron chi connectivity index (χ0n) is 21.9. The lowest BCUT2D eigenvalue weighted by Crippen LogP contribution is -2.37. The summed E-state index contributed by atoms with van der Waals surface area (Å²) in [5.41, 5.74) is -0.376. The highest BCUT2D eigenvalue weighted by atomic mass is 19.1. The van der Waals surface area contributed by atoms with Crippen molar-refractivity contribution < 1.29 is 23.0 Å². The van der Waals surface area contributed by atoms with Gasteiger partial charge in [0, 0.05) is 25.2 Å². The smallest absolute Gasteiger partial charge is 0.306 e. The number of nitrogens with zero attached hydrogens (tertiary/aromatic N) is 4. The van der Waals surface area contributed by atoms with Gasteiger partial charge in [0.15, 0.2) is 29.1 Å². The maximum atomic E-state index is 14.8. The fourth-order valence-corrected chi connectivity index (χ4v) is 4.02. The molecule has 2 aromatic heterocycles. The van der Waals surface area contributed by atoms with Crippen LogP contribution in [0.4, 0.5) is 31.9 Å². The van der Waals surface area contributed by atoms with Crippen LogP contribution in [0.5, 0.6) is 0 Å². The van der Waals surface area contributed by atoms with Gasteiger partial charge in [-0.15, -0.1) is 0 Å². The Morgan fingerprint density at radius 2 is 1.95 bits per heavy atom. The van der Waals surface area contributed by atoms with Crippen molar-refractivity contribution in [2.24, 2.45) is 5.92 Å². The number of anilines is 4. The maximum Gasteiger partial charge on any atom is 0.306 e. The molecule has 2 N–H and O–H groups in total. The van der Waals surface area contributed by atoms with Crippen LogP contribution >= 0.6 is 0 Å². The number of rotatable bonds is 9. The normalized spacial score (nSPS) is 15.5. The number of esters is 1. The van der Waals surface area contributed by atoms with Gasteiger partial charge in [-0.05, 0) is 39.2 Å². The summed E-state index contributed by atoms with van der Waals surface area (Å²) in [5.74, 6) is -1.58. The minimum atomic E-state index is -0.711. The first-order valence-electron chi connectivity index (χ1n) is 12.3. The van der Waals surface area contributed by atoms with Crippen molar-refractivity contribution in [3.05, 3.63) is 35.5 Å². The van der Waals surface area contributed by atoms with Crippen molar-refractivity contribution in [2.75, 3.05) is 41.8 Å². The quantitative estimate of drug-likeness (QED) is 0.455. The number of nitriles is 1. The molecule has 0 amide bonds. The van der Waals surface area contributed by atoms with Crippen molar-refractivity contribution >= 4 is 29.1 Å². The van der Waals surface area contributed by atoms with Crippen LogP contribution in [-0.2, 0) is 14.3 Å². The van der Waals surface area contributed by atoms with Crippen molar-refractivity contribution in [3.63, 3.8) is 0 Å². The second kappa shape index (κ2) is 12.1. The lowest BCUT2D eigenvalue weighted by molar-refractivity contribution is -0.155. The Hall–Kier alpha value is -3.52. The molecule has 0 saturated carbocycles.